The summed E-state index contributed by atoms with van der Waals surface area (Å²) in [5, 5.41) is 12.3. The van der Waals surface area contributed by atoms with Gasteiger partial charge >= 0.3 is 0 Å². The third kappa shape index (κ3) is 3.86. The highest BCUT2D eigenvalue weighted by Crippen LogP contribution is 2.23. The maximum absolute atomic E-state index is 13.0. The van der Waals surface area contributed by atoms with Gasteiger partial charge < -0.3 is 10.1 Å². The number of aryl methyl sites for hydroxylation is 1. The minimum Gasteiger partial charge on any atom is -0.493 e. The van der Waals surface area contributed by atoms with Crippen LogP contribution in [0.4, 0.5) is 5.82 Å². The van der Waals surface area contributed by atoms with Crippen LogP contribution in [0.1, 0.15) is 16.2 Å². The maximum atomic E-state index is 13.0. The van der Waals surface area contributed by atoms with Crippen LogP contribution >= 0.6 is 11.6 Å². The number of para-hydroxylation sites is 1. The smallest absolute Gasteiger partial charge is 0.281 e. The molecule has 0 bridgehead atoms. The number of benzene rings is 2. The topological polar surface area (TPSA) is 74.0 Å². The van der Waals surface area contributed by atoms with E-state index in [0.29, 0.717) is 16.6 Å². The molecule has 4 rings (SSSR count). The lowest BCUT2D eigenvalue weighted by atomic mass is 10.3. The molecule has 0 fully saturated rings. The number of carbonyl (C=O) groups is 1. The van der Waals surface area contributed by atoms with E-state index in [1.807, 2.05) is 49.4 Å². The Hall–Kier alpha value is -3.58. The molecule has 2 heterocycles. The molecular weight excluding hydrogens is 390 g/mol. The van der Waals surface area contributed by atoms with E-state index in [2.05, 4.69) is 15.5 Å². The fourth-order valence-corrected chi connectivity index (χ4v) is 3.13. The Morgan fingerprint density at radius 1 is 1.03 bits per heavy atom. The maximum Gasteiger partial charge on any atom is 0.281 e. The number of amides is 1. The molecule has 0 unspecified atom stereocenters. The van der Waals surface area contributed by atoms with Gasteiger partial charge in [-0.05, 0) is 37.3 Å². The molecule has 2 aromatic heterocycles. The van der Waals surface area contributed by atoms with Crippen LogP contribution < -0.4 is 10.1 Å². The molecule has 8 heteroatoms. The van der Waals surface area contributed by atoms with E-state index in [4.69, 9.17) is 16.3 Å². The summed E-state index contributed by atoms with van der Waals surface area (Å²) in [5.41, 5.74) is 2.49. The summed E-state index contributed by atoms with van der Waals surface area (Å²) >= 11 is 6.10. The Morgan fingerprint density at radius 2 is 1.79 bits per heavy atom. The van der Waals surface area contributed by atoms with Crippen LogP contribution in [0.25, 0.3) is 11.4 Å². The van der Waals surface area contributed by atoms with Gasteiger partial charge in [0.05, 0.1) is 30.4 Å². The molecular formula is C21H18ClN5O2. The van der Waals surface area contributed by atoms with Crippen LogP contribution in [-0.4, -0.2) is 32.6 Å². The molecule has 0 aliphatic rings. The second kappa shape index (κ2) is 7.81. The third-order valence-electron chi connectivity index (χ3n) is 4.26. The van der Waals surface area contributed by atoms with Crippen molar-refractivity contribution in [1.29, 1.82) is 0 Å². The monoisotopic (exact) mass is 407 g/mol. The van der Waals surface area contributed by atoms with Gasteiger partial charge in [-0.15, -0.1) is 0 Å². The Kier molecular flexibility index (Phi) is 5.05. The van der Waals surface area contributed by atoms with Crippen molar-refractivity contribution in [2.45, 2.75) is 6.92 Å². The van der Waals surface area contributed by atoms with E-state index < -0.39 is 5.91 Å². The van der Waals surface area contributed by atoms with E-state index in [9.17, 15) is 4.79 Å². The predicted octanol–water partition coefficient (Wildman–Crippen LogP) is 4.28. The van der Waals surface area contributed by atoms with Gasteiger partial charge in [0.15, 0.2) is 11.4 Å². The predicted molar refractivity (Wildman–Crippen MR) is 111 cm³/mol. The molecule has 0 aliphatic heterocycles. The van der Waals surface area contributed by atoms with Crippen molar-refractivity contribution in [3.63, 3.8) is 0 Å². The summed E-state index contributed by atoms with van der Waals surface area (Å²) < 4.78 is 8.59. The molecule has 0 saturated carbocycles. The number of ether oxygens (including phenoxy) is 1. The Morgan fingerprint density at radius 3 is 2.52 bits per heavy atom. The standard InChI is InChI=1S/C21H18ClN5O2/c1-14-11-19(27(24-14)17-10-6-7-15(22)12-17)23-21(28)20-18(29-2)13-26(25-20)16-8-4-3-5-9-16/h3-13H,1-2H3,(H,23,28). The number of carbonyl (C=O) groups excluding carboxylic acids is 1. The first-order chi connectivity index (χ1) is 14.0. The summed E-state index contributed by atoms with van der Waals surface area (Å²) in [4.78, 5) is 13.0. The van der Waals surface area contributed by atoms with Crippen LogP contribution in [-0.2, 0) is 0 Å². The summed E-state index contributed by atoms with van der Waals surface area (Å²) in [6.45, 7) is 1.85. The van der Waals surface area contributed by atoms with Crippen LogP contribution in [0.2, 0.25) is 5.02 Å². The molecule has 1 amide bonds. The minimum absolute atomic E-state index is 0.174. The first-order valence-electron chi connectivity index (χ1n) is 8.88. The number of methoxy groups -OCH3 is 1. The molecule has 0 radical (unpaired) electrons. The zero-order valence-corrected chi connectivity index (χ0v) is 16.6. The Balaban J connectivity index is 1.67. The van der Waals surface area contributed by atoms with Crippen molar-refractivity contribution in [1.82, 2.24) is 19.6 Å². The molecule has 0 spiro atoms. The first-order valence-corrected chi connectivity index (χ1v) is 9.26. The van der Waals surface area contributed by atoms with E-state index >= 15 is 0 Å². The lowest BCUT2D eigenvalue weighted by Crippen LogP contribution is -2.17. The van der Waals surface area contributed by atoms with E-state index in [1.165, 1.54) is 7.11 Å². The normalized spacial score (nSPS) is 10.7. The third-order valence-corrected chi connectivity index (χ3v) is 4.50. The summed E-state index contributed by atoms with van der Waals surface area (Å²) in [5.74, 6) is 0.475. The summed E-state index contributed by atoms with van der Waals surface area (Å²) in [7, 11) is 1.50. The number of nitrogens with zero attached hydrogens (tertiary/aromatic N) is 4. The molecule has 1 N–H and O–H groups in total. The number of aromatic nitrogens is 4. The van der Waals surface area contributed by atoms with Gasteiger partial charge in [-0.3, -0.25) is 4.79 Å². The fourth-order valence-electron chi connectivity index (χ4n) is 2.95. The number of anilines is 1. The molecule has 2 aromatic carbocycles. The highest BCUT2D eigenvalue weighted by Gasteiger charge is 2.20. The van der Waals surface area contributed by atoms with Crippen LogP contribution in [0, 0.1) is 6.92 Å². The van der Waals surface area contributed by atoms with Gasteiger partial charge in [0.1, 0.15) is 5.82 Å². The fraction of sp³-hybridized carbons (Fsp3) is 0.0952. The zero-order valence-electron chi connectivity index (χ0n) is 15.8. The van der Waals surface area contributed by atoms with Crippen molar-refractivity contribution in [2.24, 2.45) is 0 Å². The molecule has 0 atom stereocenters. The number of nitrogens with one attached hydrogen (secondary N) is 1. The quantitative estimate of drug-likeness (QED) is 0.535. The molecule has 29 heavy (non-hydrogen) atoms. The summed E-state index contributed by atoms with van der Waals surface area (Å²) in [6, 6.07) is 18.5. The molecule has 0 saturated heterocycles. The van der Waals surface area contributed by atoms with E-state index in [-0.39, 0.29) is 5.69 Å². The zero-order chi connectivity index (χ0) is 20.4. The van der Waals surface area contributed by atoms with Crippen molar-refractivity contribution in [3.8, 4) is 17.1 Å². The summed E-state index contributed by atoms with van der Waals surface area (Å²) in [6.07, 6.45) is 1.67. The Labute approximate surface area is 172 Å². The van der Waals surface area contributed by atoms with Gasteiger partial charge in [0, 0.05) is 11.1 Å². The lowest BCUT2D eigenvalue weighted by molar-refractivity contribution is 0.101. The second-order valence-electron chi connectivity index (χ2n) is 6.34. The number of rotatable bonds is 5. The largest absolute Gasteiger partial charge is 0.493 e. The van der Waals surface area contributed by atoms with Crippen LogP contribution in [0.5, 0.6) is 5.75 Å². The van der Waals surface area contributed by atoms with Gasteiger partial charge in [0.25, 0.3) is 5.91 Å². The van der Waals surface area contributed by atoms with Crippen LogP contribution in [0.15, 0.2) is 66.9 Å². The average molecular weight is 408 g/mol. The number of halogens is 1. The van der Waals surface area contributed by atoms with Gasteiger partial charge in [-0.2, -0.15) is 10.2 Å². The number of hydrogen-bond donors (Lipinski definition) is 1. The van der Waals surface area contributed by atoms with Gasteiger partial charge in [0.2, 0.25) is 0 Å². The van der Waals surface area contributed by atoms with Crippen molar-refractivity contribution in [2.75, 3.05) is 12.4 Å². The molecule has 146 valence electrons. The SMILES string of the molecule is COc1cn(-c2ccccc2)nc1C(=O)Nc1cc(C)nn1-c1cccc(Cl)c1. The molecule has 4 aromatic rings. The van der Waals surface area contributed by atoms with Crippen LogP contribution in [0.3, 0.4) is 0 Å². The van der Waals surface area contributed by atoms with Crippen molar-refractivity contribution < 1.29 is 9.53 Å². The minimum atomic E-state index is -0.403. The first kappa shape index (κ1) is 18.8. The molecule has 0 aliphatic carbocycles. The molecule has 7 nitrogen and oxygen atoms in total. The van der Waals surface area contributed by atoms with Gasteiger partial charge in [-0.25, -0.2) is 9.36 Å². The highest BCUT2D eigenvalue weighted by atomic mass is 35.5. The average Bonchev–Trinajstić information content (AvgIpc) is 3.32. The number of hydrogen-bond acceptors (Lipinski definition) is 4. The van der Waals surface area contributed by atoms with Crippen molar-refractivity contribution >= 4 is 23.3 Å². The highest BCUT2D eigenvalue weighted by molar-refractivity contribution is 6.30. The van der Waals surface area contributed by atoms with Gasteiger partial charge in [-0.1, -0.05) is 35.9 Å². The van der Waals surface area contributed by atoms with E-state index in [0.717, 1.165) is 17.1 Å². The van der Waals surface area contributed by atoms with Crippen molar-refractivity contribution in [3.05, 3.63) is 83.3 Å². The van der Waals surface area contributed by atoms with E-state index in [1.54, 1.807) is 33.8 Å². The second-order valence-corrected chi connectivity index (χ2v) is 6.78. The lowest BCUT2D eigenvalue weighted by Gasteiger charge is -2.09. The Bertz CT molecular complexity index is 1170.